The molecule has 1 aromatic rings. The van der Waals surface area contributed by atoms with Crippen molar-refractivity contribution >= 4 is 17.2 Å². The van der Waals surface area contributed by atoms with Gasteiger partial charge in [0, 0.05) is 7.05 Å². The molecule has 0 fully saturated rings. The summed E-state index contributed by atoms with van der Waals surface area (Å²) in [5, 5.41) is 2.05. The first-order valence-electron chi connectivity index (χ1n) is 3.39. The van der Waals surface area contributed by atoms with Crippen molar-refractivity contribution in [3.8, 4) is 0 Å². The van der Waals surface area contributed by atoms with Crippen LogP contribution in [0.2, 0.25) is 0 Å². The van der Waals surface area contributed by atoms with E-state index < -0.39 is 0 Å². The SMILES string of the molecule is CON(C)C(=O)c1cnc(C)s1. The normalized spacial score (nSPS) is 9.92. The van der Waals surface area contributed by atoms with Gasteiger partial charge in [-0.05, 0) is 6.92 Å². The lowest BCUT2D eigenvalue weighted by Crippen LogP contribution is -2.24. The zero-order valence-corrected chi connectivity index (χ0v) is 8.01. The largest absolute Gasteiger partial charge is 0.288 e. The van der Waals surface area contributed by atoms with E-state index in [1.807, 2.05) is 6.92 Å². The number of amides is 1. The highest BCUT2D eigenvalue weighted by atomic mass is 32.1. The standard InChI is InChI=1S/C7H10N2O2S/c1-5-8-4-6(12-5)7(10)9(2)11-3/h4H,1-3H3. The second-order valence-electron chi connectivity index (χ2n) is 2.23. The first kappa shape index (κ1) is 9.15. The van der Waals surface area contributed by atoms with Gasteiger partial charge in [-0.15, -0.1) is 11.3 Å². The molecule has 66 valence electrons. The highest BCUT2D eigenvalue weighted by Crippen LogP contribution is 2.13. The number of aromatic nitrogens is 1. The molecule has 0 unspecified atom stereocenters. The van der Waals surface area contributed by atoms with Crippen LogP contribution in [0, 0.1) is 6.92 Å². The zero-order valence-electron chi connectivity index (χ0n) is 7.20. The van der Waals surface area contributed by atoms with Crippen LogP contribution in [0.3, 0.4) is 0 Å². The summed E-state index contributed by atoms with van der Waals surface area (Å²) in [5.74, 6) is -0.164. The molecule has 0 N–H and O–H groups in total. The van der Waals surface area contributed by atoms with Crippen LogP contribution in [-0.2, 0) is 4.84 Å². The van der Waals surface area contributed by atoms with Crippen LogP contribution in [0.15, 0.2) is 6.20 Å². The smallest absolute Gasteiger partial charge is 0.274 e. The lowest BCUT2D eigenvalue weighted by atomic mass is 10.5. The third-order valence-corrected chi connectivity index (χ3v) is 2.29. The molecule has 1 heterocycles. The van der Waals surface area contributed by atoms with E-state index in [-0.39, 0.29) is 5.91 Å². The summed E-state index contributed by atoms with van der Waals surface area (Å²) < 4.78 is 0. The number of hydrogen-bond donors (Lipinski definition) is 0. The van der Waals surface area contributed by atoms with Crippen molar-refractivity contribution in [2.45, 2.75) is 6.92 Å². The quantitative estimate of drug-likeness (QED) is 0.649. The minimum absolute atomic E-state index is 0.164. The number of thiazole rings is 1. The van der Waals surface area contributed by atoms with Gasteiger partial charge in [-0.25, -0.2) is 10.0 Å². The number of aryl methyl sites for hydroxylation is 1. The number of hydroxylamine groups is 2. The number of carbonyl (C=O) groups excluding carboxylic acids is 1. The van der Waals surface area contributed by atoms with E-state index in [2.05, 4.69) is 4.98 Å². The van der Waals surface area contributed by atoms with Gasteiger partial charge in [0.1, 0.15) is 4.88 Å². The summed E-state index contributed by atoms with van der Waals surface area (Å²) >= 11 is 1.36. The minimum Gasteiger partial charge on any atom is -0.274 e. The lowest BCUT2D eigenvalue weighted by molar-refractivity contribution is -0.0754. The molecule has 1 aromatic heterocycles. The molecule has 0 bridgehead atoms. The maximum Gasteiger partial charge on any atom is 0.288 e. The topological polar surface area (TPSA) is 42.4 Å². The fourth-order valence-electron chi connectivity index (χ4n) is 0.698. The van der Waals surface area contributed by atoms with Crippen LogP contribution in [0.25, 0.3) is 0 Å². The van der Waals surface area contributed by atoms with E-state index in [1.54, 1.807) is 13.2 Å². The third-order valence-electron chi connectivity index (χ3n) is 1.39. The Morgan fingerprint density at radius 2 is 2.42 bits per heavy atom. The maximum absolute atomic E-state index is 11.4. The van der Waals surface area contributed by atoms with E-state index in [9.17, 15) is 4.79 Å². The van der Waals surface area contributed by atoms with Gasteiger partial charge in [0.05, 0.1) is 18.3 Å². The molecule has 0 aliphatic rings. The van der Waals surface area contributed by atoms with Crippen molar-refractivity contribution in [1.29, 1.82) is 0 Å². The van der Waals surface area contributed by atoms with Crippen molar-refractivity contribution < 1.29 is 9.63 Å². The first-order valence-corrected chi connectivity index (χ1v) is 4.21. The Bertz CT molecular complexity index is 285. The third kappa shape index (κ3) is 1.80. The monoisotopic (exact) mass is 186 g/mol. The summed E-state index contributed by atoms with van der Waals surface area (Å²) in [6.07, 6.45) is 1.55. The molecule has 4 nitrogen and oxygen atoms in total. The molecule has 0 saturated carbocycles. The fourth-order valence-corrected chi connectivity index (χ4v) is 1.44. The molecule has 1 amide bonds. The first-order chi connectivity index (χ1) is 5.65. The Balaban J connectivity index is 2.78. The second-order valence-corrected chi connectivity index (χ2v) is 3.46. The van der Waals surface area contributed by atoms with Crippen LogP contribution in [0.1, 0.15) is 14.7 Å². The second kappa shape index (κ2) is 3.64. The summed E-state index contributed by atoms with van der Waals surface area (Å²) in [7, 11) is 3.02. The number of hydrogen-bond acceptors (Lipinski definition) is 4. The molecule has 0 saturated heterocycles. The highest BCUT2D eigenvalue weighted by molar-refractivity contribution is 7.13. The Labute approximate surface area is 74.7 Å². The molecule has 12 heavy (non-hydrogen) atoms. The fraction of sp³-hybridized carbons (Fsp3) is 0.429. The van der Waals surface area contributed by atoms with Gasteiger partial charge < -0.3 is 0 Å². The molecule has 5 heteroatoms. The van der Waals surface area contributed by atoms with Crippen molar-refractivity contribution in [1.82, 2.24) is 10.0 Å². The Hall–Kier alpha value is -0.940. The molecule has 1 rings (SSSR count). The van der Waals surface area contributed by atoms with Crippen molar-refractivity contribution in [2.75, 3.05) is 14.2 Å². The van der Waals surface area contributed by atoms with Crippen molar-refractivity contribution in [3.05, 3.63) is 16.1 Å². The van der Waals surface area contributed by atoms with Crippen LogP contribution < -0.4 is 0 Å². The van der Waals surface area contributed by atoms with Crippen molar-refractivity contribution in [2.24, 2.45) is 0 Å². The summed E-state index contributed by atoms with van der Waals surface area (Å²) in [4.78, 5) is 20.7. The van der Waals surface area contributed by atoms with Crippen LogP contribution in [0.4, 0.5) is 0 Å². The Morgan fingerprint density at radius 3 is 2.83 bits per heavy atom. The molecule has 0 aliphatic carbocycles. The van der Waals surface area contributed by atoms with Gasteiger partial charge in [0.15, 0.2) is 0 Å². The number of carbonyl (C=O) groups is 1. The summed E-state index contributed by atoms with van der Waals surface area (Å²) in [5.41, 5.74) is 0. The Kier molecular flexibility index (Phi) is 2.78. The van der Waals surface area contributed by atoms with Gasteiger partial charge >= 0.3 is 0 Å². The number of rotatable bonds is 2. The van der Waals surface area contributed by atoms with Crippen LogP contribution >= 0.6 is 11.3 Å². The molecular formula is C7H10N2O2S. The molecule has 0 atom stereocenters. The predicted octanol–water partition coefficient (Wildman–Crippen LogP) is 1.08. The van der Waals surface area contributed by atoms with Gasteiger partial charge in [-0.3, -0.25) is 9.63 Å². The molecular weight excluding hydrogens is 176 g/mol. The Morgan fingerprint density at radius 1 is 1.75 bits per heavy atom. The highest BCUT2D eigenvalue weighted by Gasteiger charge is 2.13. The van der Waals surface area contributed by atoms with Gasteiger partial charge in [-0.2, -0.15) is 0 Å². The number of nitrogens with zero attached hydrogens (tertiary/aromatic N) is 2. The van der Waals surface area contributed by atoms with E-state index in [0.29, 0.717) is 4.88 Å². The molecule has 0 spiro atoms. The minimum atomic E-state index is -0.164. The van der Waals surface area contributed by atoms with E-state index in [1.165, 1.54) is 23.5 Å². The van der Waals surface area contributed by atoms with Gasteiger partial charge in [-0.1, -0.05) is 0 Å². The summed E-state index contributed by atoms with van der Waals surface area (Å²) in [6.45, 7) is 1.86. The average Bonchev–Trinajstić information content (AvgIpc) is 2.49. The summed E-state index contributed by atoms with van der Waals surface area (Å²) in [6, 6.07) is 0. The zero-order chi connectivity index (χ0) is 9.14. The van der Waals surface area contributed by atoms with Gasteiger partial charge in [0.25, 0.3) is 5.91 Å². The molecule has 0 aromatic carbocycles. The average molecular weight is 186 g/mol. The van der Waals surface area contributed by atoms with E-state index in [4.69, 9.17) is 4.84 Å². The maximum atomic E-state index is 11.4. The molecule has 0 radical (unpaired) electrons. The van der Waals surface area contributed by atoms with E-state index >= 15 is 0 Å². The van der Waals surface area contributed by atoms with E-state index in [0.717, 1.165) is 5.01 Å². The molecule has 0 aliphatic heterocycles. The van der Waals surface area contributed by atoms with Crippen LogP contribution in [-0.4, -0.2) is 30.1 Å². The van der Waals surface area contributed by atoms with Crippen LogP contribution in [0.5, 0.6) is 0 Å². The predicted molar refractivity (Wildman–Crippen MR) is 46.0 cm³/mol. The lowest BCUT2D eigenvalue weighted by Gasteiger charge is -2.10. The van der Waals surface area contributed by atoms with Crippen molar-refractivity contribution in [3.63, 3.8) is 0 Å². The van der Waals surface area contributed by atoms with Gasteiger partial charge in [0.2, 0.25) is 0 Å².